The Balaban J connectivity index is 1.04. The highest BCUT2D eigenvalue weighted by molar-refractivity contribution is 7.91. The Morgan fingerprint density at radius 3 is 2.54 bits per heavy atom. The van der Waals surface area contributed by atoms with Gasteiger partial charge in [-0.3, -0.25) is 14.5 Å². The predicted octanol–water partition coefficient (Wildman–Crippen LogP) is 3.21. The third-order valence-corrected chi connectivity index (χ3v) is 14.3. The second-order valence-corrected chi connectivity index (χ2v) is 17.6. The van der Waals surface area contributed by atoms with Crippen molar-refractivity contribution in [2.24, 2.45) is 0 Å². The van der Waals surface area contributed by atoms with Crippen molar-refractivity contribution < 1.29 is 26.4 Å². The van der Waals surface area contributed by atoms with Gasteiger partial charge < -0.3 is 9.80 Å². The molecular formula is C31H38ClN5O6S3. The summed E-state index contributed by atoms with van der Waals surface area (Å²) in [5.41, 5.74) is 0. The fourth-order valence-corrected chi connectivity index (χ4v) is 10.7. The molecule has 248 valence electrons. The fourth-order valence-electron chi connectivity index (χ4n) is 6.75. The van der Waals surface area contributed by atoms with Crippen LogP contribution in [0.4, 0.5) is 0 Å². The predicted molar refractivity (Wildman–Crippen MR) is 178 cm³/mol. The number of rotatable bonds is 10. The van der Waals surface area contributed by atoms with Gasteiger partial charge in [-0.15, -0.1) is 11.3 Å². The van der Waals surface area contributed by atoms with E-state index >= 15 is 0 Å². The van der Waals surface area contributed by atoms with E-state index in [1.165, 1.54) is 26.6 Å². The van der Waals surface area contributed by atoms with Crippen LogP contribution in [0.1, 0.15) is 32.1 Å². The molecule has 11 nitrogen and oxygen atoms in total. The first-order valence-corrected chi connectivity index (χ1v) is 19.6. The van der Waals surface area contributed by atoms with Gasteiger partial charge in [0.25, 0.3) is 10.0 Å². The Morgan fingerprint density at radius 1 is 1.00 bits per heavy atom. The normalized spacial score (nSPS) is 23.2. The molecule has 0 radical (unpaired) electrons. The molecule has 1 N–H and O–H groups in total. The van der Waals surface area contributed by atoms with E-state index in [9.17, 15) is 26.4 Å². The van der Waals surface area contributed by atoms with Crippen molar-refractivity contribution in [3.63, 3.8) is 0 Å². The molecule has 0 bridgehead atoms. The average molecular weight is 708 g/mol. The fraction of sp³-hybridized carbons (Fsp3) is 0.484. The second kappa shape index (κ2) is 13.5. The van der Waals surface area contributed by atoms with Gasteiger partial charge in [0.05, 0.1) is 11.4 Å². The molecule has 3 saturated heterocycles. The van der Waals surface area contributed by atoms with E-state index in [0.29, 0.717) is 48.3 Å². The summed E-state index contributed by atoms with van der Waals surface area (Å²) >= 11 is 7.26. The quantitative estimate of drug-likeness (QED) is 0.343. The molecule has 3 aromatic rings. The van der Waals surface area contributed by atoms with Crippen LogP contribution in [0, 0.1) is 0 Å². The maximum atomic E-state index is 13.5. The minimum Gasteiger partial charge on any atom is -0.337 e. The number of piperidine rings is 1. The molecule has 2 amide bonds. The van der Waals surface area contributed by atoms with E-state index in [1.54, 1.807) is 54.9 Å². The molecule has 0 saturated carbocycles. The Bertz CT molecular complexity index is 1820. The minimum atomic E-state index is -3.99. The summed E-state index contributed by atoms with van der Waals surface area (Å²) in [7, 11) is -5.90. The Hall–Kier alpha value is -2.59. The van der Waals surface area contributed by atoms with Crippen LogP contribution in [0.25, 0.3) is 10.8 Å². The summed E-state index contributed by atoms with van der Waals surface area (Å²) in [4.78, 5) is 32.5. The van der Waals surface area contributed by atoms with Gasteiger partial charge in [-0.25, -0.2) is 16.8 Å². The van der Waals surface area contributed by atoms with Crippen LogP contribution in [0.2, 0.25) is 5.02 Å². The second-order valence-electron chi connectivity index (χ2n) is 12.3. The molecule has 6 rings (SSSR count). The number of amides is 2. The molecule has 46 heavy (non-hydrogen) atoms. The number of carbonyl (C=O) groups excluding carboxylic acids is 2. The van der Waals surface area contributed by atoms with Crippen LogP contribution in [-0.4, -0.2) is 112 Å². The first-order chi connectivity index (χ1) is 21.9. The van der Waals surface area contributed by atoms with Gasteiger partial charge in [0.2, 0.25) is 21.8 Å². The van der Waals surface area contributed by atoms with Crippen molar-refractivity contribution >= 4 is 65.6 Å². The van der Waals surface area contributed by atoms with E-state index in [4.69, 9.17) is 11.6 Å². The summed E-state index contributed by atoms with van der Waals surface area (Å²) in [6.07, 6.45) is 3.34. The van der Waals surface area contributed by atoms with E-state index in [1.807, 2.05) is 4.90 Å². The summed E-state index contributed by atoms with van der Waals surface area (Å²) < 4.78 is 56.9. The van der Waals surface area contributed by atoms with Gasteiger partial charge in [0, 0.05) is 50.3 Å². The van der Waals surface area contributed by atoms with Gasteiger partial charge in [0.15, 0.2) is 0 Å². The molecular weight excluding hydrogens is 670 g/mol. The molecule has 1 aromatic heterocycles. The molecule has 0 spiro atoms. The minimum absolute atomic E-state index is 0.0255. The highest BCUT2D eigenvalue weighted by atomic mass is 35.5. The van der Waals surface area contributed by atoms with Crippen molar-refractivity contribution in [1.29, 1.82) is 0 Å². The lowest BCUT2D eigenvalue weighted by Gasteiger charge is -2.35. The largest absolute Gasteiger partial charge is 0.337 e. The van der Waals surface area contributed by atoms with Crippen molar-refractivity contribution in [3.8, 4) is 0 Å². The Kier molecular flexibility index (Phi) is 9.77. The third-order valence-electron chi connectivity index (χ3n) is 9.29. The number of halogens is 1. The monoisotopic (exact) mass is 707 g/mol. The van der Waals surface area contributed by atoms with E-state index in [-0.39, 0.29) is 29.4 Å². The van der Waals surface area contributed by atoms with Crippen molar-refractivity contribution in [3.05, 3.63) is 58.9 Å². The lowest BCUT2D eigenvalue weighted by atomic mass is 10.1. The standard InChI is InChI=1S/C31H38ClN5O6S3/c1-34(46(42,43)30-7-4-16-44-30)25-12-15-35(19-25)20-26-5-2-14-37(26)29(38)21-36-13-3-6-28(31(36)39)33-45(40,41)27-11-9-22-17-24(32)10-8-23(22)18-27/h4,7-11,16-18,25-26,28,33H,2-3,5-6,12-15,19-21H2,1H3/t25?,26-,28-/m0/s1. The lowest BCUT2D eigenvalue weighted by molar-refractivity contribution is -0.143. The molecule has 15 heteroatoms. The van der Waals surface area contributed by atoms with Crippen molar-refractivity contribution in [1.82, 2.24) is 23.7 Å². The van der Waals surface area contributed by atoms with Crippen molar-refractivity contribution in [2.45, 2.75) is 59.3 Å². The highest BCUT2D eigenvalue weighted by Gasteiger charge is 2.39. The molecule has 4 heterocycles. The topological polar surface area (TPSA) is 127 Å². The van der Waals surface area contributed by atoms with Crippen LogP contribution in [0.15, 0.2) is 63.0 Å². The number of likely N-dealkylation sites (tertiary alicyclic amines) is 3. The van der Waals surface area contributed by atoms with E-state index < -0.39 is 32.0 Å². The number of sulfonamides is 2. The SMILES string of the molecule is CN(C1CCN(C[C@@H]2CCCN2C(=O)CN2CCC[C@H](NS(=O)(=O)c3ccc4cc(Cl)ccc4c3)C2=O)C1)S(=O)(=O)c1cccs1. The van der Waals surface area contributed by atoms with Gasteiger partial charge in [-0.05, 0) is 85.1 Å². The smallest absolute Gasteiger partial charge is 0.252 e. The van der Waals surface area contributed by atoms with E-state index in [2.05, 4.69) is 9.62 Å². The molecule has 2 aromatic carbocycles. The summed E-state index contributed by atoms with van der Waals surface area (Å²) in [5, 5.41) is 3.84. The number of benzene rings is 2. The zero-order valence-corrected chi connectivity index (χ0v) is 28.8. The number of likely N-dealkylation sites (N-methyl/N-ethyl adjacent to an activating group) is 1. The maximum Gasteiger partial charge on any atom is 0.252 e. The average Bonchev–Trinajstić information content (AvgIpc) is 3.82. The molecule has 1 unspecified atom stereocenters. The lowest BCUT2D eigenvalue weighted by Crippen LogP contribution is -2.55. The van der Waals surface area contributed by atoms with Gasteiger partial charge in [-0.2, -0.15) is 9.03 Å². The number of nitrogens with one attached hydrogen (secondary N) is 1. The number of hydrogen-bond acceptors (Lipinski definition) is 8. The first-order valence-electron chi connectivity index (χ1n) is 15.5. The zero-order valence-electron chi connectivity index (χ0n) is 25.5. The first kappa shape index (κ1) is 33.3. The maximum absolute atomic E-state index is 13.5. The van der Waals surface area contributed by atoms with Crippen LogP contribution in [0.3, 0.4) is 0 Å². The van der Waals surface area contributed by atoms with Gasteiger partial charge in [0.1, 0.15) is 10.3 Å². The zero-order chi connectivity index (χ0) is 32.6. The summed E-state index contributed by atoms with van der Waals surface area (Å²) in [6, 6.07) is 12.2. The van der Waals surface area contributed by atoms with E-state index in [0.717, 1.165) is 36.6 Å². The van der Waals surface area contributed by atoms with Crippen LogP contribution in [0.5, 0.6) is 0 Å². The van der Waals surface area contributed by atoms with Crippen molar-refractivity contribution in [2.75, 3.05) is 46.3 Å². The number of hydrogen-bond donors (Lipinski definition) is 1. The molecule has 0 aliphatic carbocycles. The number of carbonyl (C=O) groups is 2. The van der Waals surface area contributed by atoms with Crippen LogP contribution in [-0.2, 0) is 29.6 Å². The highest BCUT2D eigenvalue weighted by Crippen LogP contribution is 2.28. The summed E-state index contributed by atoms with van der Waals surface area (Å²) in [6.45, 7) is 2.86. The Morgan fingerprint density at radius 2 is 1.76 bits per heavy atom. The molecule has 3 atom stereocenters. The number of nitrogens with zero attached hydrogens (tertiary/aromatic N) is 4. The Labute approximate surface area is 279 Å². The number of thiophene rings is 1. The molecule has 3 aliphatic heterocycles. The molecule has 3 aliphatic rings. The number of fused-ring (bicyclic) bond motifs is 1. The van der Waals surface area contributed by atoms with Crippen LogP contribution < -0.4 is 4.72 Å². The van der Waals surface area contributed by atoms with Gasteiger partial charge >= 0.3 is 0 Å². The molecule has 3 fully saturated rings. The van der Waals surface area contributed by atoms with Crippen LogP contribution >= 0.6 is 22.9 Å². The third kappa shape index (κ3) is 6.98. The van der Waals surface area contributed by atoms with Gasteiger partial charge in [-0.1, -0.05) is 29.8 Å². The summed E-state index contributed by atoms with van der Waals surface area (Å²) in [5.74, 6) is -0.551.